The van der Waals surface area contributed by atoms with Gasteiger partial charge in [0.15, 0.2) is 5.90 Å². The number of aliphatic hydroxyl groups excluding tert-OH is 2. The van der Waals surface area contributed by atoms with Crippen molar-refractivity contribution in [2.45, 2.75) is 38.4 Å². The van der Waals surface area contributed by atoms with Gasteiger partial charge in [0, 0.05) is 20.0 Å². The molecule has 1 fully saturated rings. The number of rotatable bonds is 2. The lowest BCUT2D eigenvalue weighted by Crippen LogP contribution is -2.33. The maximum absolute atomic E-state index is 9.43. The molecule has 76 valence electrons. The molecule has 1 saturated carbocycles. The molecule has 3 N–H and O–H groups in total. The molecule has 4 nitrogen and oxygen atoms in total. The molecule has 1 aliphatic carbocycles. The van der Waals surface area contributed by atoms with E-state index in [1.165, 1.54) is 0 Å². The van der Waals surface area contributed by atoms with E-state index in [0.717, 1.165) is 6.42 Å². The van der Waals surface area contributed by atoms with Gasteiger partial charge < -0.3 is 14.9 Å². The molecule has 0 aromatic carbocycles. The quantitative estimate of drug-likeness (QED) is 0.436. The summed E-state index contributed by atoms with van der Waals surface area (Å²) in [4.78, 5) is 0. The standard InChI is InChI=1S/C9H17NO3/c1-6(10)13-9-3-7(5-11)2-8(12)4-9/h7-12H,2-5H2,1H3. The van der Waals surface area contributed by atoms with Crippen molar-refractivity contribution in [2.24, 2.45) is 5.92 Å². The van der Waals surface area contributed by atoms with Crippen LogP contribution in [-0.2, 0) is 4.74 Å². The summed E-state index contributed by atoms with van der Waals surface area (Å²) in [5, 5.41) is 25.5. The number of aliphatic hydroxyl groups is 2. The molecular weight excluding hydrogens is 170 g/mol. The van der Waals surface area contributed by atoms with Crippen LogP contribution in [0.4, 0.5) is 0 Å². The van der Waals surface area contributed by atoms with Crippen molar-refractivity contribution >= 4 is 5.90 Å². The van der Waals surface area contributed by atoms with E-state index in [1.54, 1.807) is 6.92 Å². The first kappa shape index (κ1) is 10.5. The van der Waals surface area contributed by atoms with Crippen LogP contribution in [0.1, 0.15) is 26.2 Å². The monoisotopic (exact) mass is 187 g/mol. The summed E-state index contributed by atoms with van der Waals surface area (Å²) < 4.78 is 5.21. The van der Waals surface area contributed by atoms with E-state index in [9.17, 15) is 5.11 Å². The Labute approximate surface area is 78.0 Å². The fourth-order valence-electron chi connectivity index (χ4n) is 1.84. The molecule has 3 atom stereocenters. The Hall–Kier alpha value is -0.610. The Morgan fingerprint density at radius 2 is 2.15 bits per heavy atom. The molecule has 0 aromatic heterocycles. The lowest BCUT2D eigenvalue weighted by molar-refractivity contribution is 0.00503. The molecule has 1 aliphatic rings. The second-order valence-corrected chi connectivity index (χ2v) is 3.71. The maximum Gasteiger partial charge on any atom is 0.177 e. The van der Waals surface area contributed by atoms with Gasteiger partial charge in [-0.25, -0.2) is 0 Å². The molecule has 4 heteroatoms. The Morgan fingerprint density at radius 3 is 2.69 bits per heavy atom. The first-order valence-electron chi connectivity index (χ1n) is 4.62. The lowest BCUT2D eigenvalue weighted by atomic mass is 9.86. The van der Waals surface area contributed by atoms with E-state index in [-0.39, 0.29) is 24.5 Å². The molecular formula is C9H17NO3. The van der Waals surface area contributed by atoms with Gasteiger partial charge in [-0.3, -0.25) is 5.41 Å². The number of hydrogen-bond acceptors (Lipinski definition) is 4. The second kappa shape index (κ2) is 4.58. The Balaban J connectivity index is 2.42. The molecule has 0 radical (unpaired) electrons. The summed E-state index contributed by atoms with van der Waals surface area (Å²) in [7, 11) is 0. The van der Waals surface area contributed by atoms with E-state index in [1.807, 2.05) is 0 Å². The summed E-state index contributed by atoms with van der Waals surface area (Å²) in [6.45, 7) is 1.67. The largest absolute Gasteiger partial charge is 0.478 e. The number of nitrogens with one attached hydrogen (secondary N) is 1. The minimum atomic E-state index is -0.393. The smallest absolute Gasteiger partial charge is 0.177 e. The molecule has 1 rings (SSSR count). The summed E-state index contributed by atoms with van der Waals surface area (Å²) in [5.74, 6) is 0.295. The first-order valence-corrected chi connectivity index (χ1v) is 4.62. The third kappa shape index (κ3) is 3.32. The van der Waals surface area contributed by atoms with Crippen LogP contribution in [0.2, 0.25) is 0 Å². The van der Waals surface area contributed by atoms with Crippen molar-refractivity contribution in [3.63, 3.8) is 0 Å². The lowest BCUT2D eigenvalue weighted by Gasteiger charge is -2.31. The summed E-state index contributed by atoms with van der Waals surface area (Å²) in [5.41, 5.74) is 0. The fourth-order valence-corrected chi connectivity index (χ4v) is 1.84. The van der Waals surface area contributed by atoms with Crippen molar-refractivity contribution in [3.8, 4) is 0 Å². The highest BCUT2D eigenvalue weighted by molar-refractivity contribution is 5.69. The van der Waals surface area contributed by atoms with Crippen molar-refractivity contribution in [2.75, 3.05) is 6.61 Å². The Bertz CT molecular complexity index is 184. The zero-order valence-corrected chi connectivity index (χ0v) is 7.86. The van der Waals surface area contributed by atoms with Crippen LogP contribution < -0.4 is 0 Å². The van der Waals surface area contributed by atoms with Crippen LogP contribution in [0.15, 0.2) is 0 Å². The van der Waals surface area contributed by atoms with Crippen molar-refractivity contribution in [3.05, 3.63) is 0 Å². The summed E-state index contributed by atoms with van der Waals surface area (Å²) >= 11 is 0. The minimum Gasteiger partial charge on any atom is -0.478 e. The van der Waals surface area contributed by atoms with Crippen molar-refractivity contribution in [1.82, 2.24) is 0 Å². The maximum atomic E-state index is 9.43. The van der Waals surface area contributed by atoms with Crippen molar-refractivity contribution < 1.29 is 14.9 Å². The summed E-state index contributed by atoms with van der Waals surface area (Å²) in [6, 6.07) is 0. The van der Waals surface area contributed by atoms with Crippen molar-refractivity contribution in [1.29, 1.82) is 5.41 Å². The second-order valence-electron chi connectivity index (χ2n) is 3.71. The first-order chi connectivity index (χ1) is 6.11. The third-order valence-corrected chi connectivity index (χ3v) is 2.34. The van der Waals surface area contributed by atoms with Crippen LogP contribution in [0.25, 0.3) is 0 Å². The van der Waals surface area contributed by atoms with E-state index in [2.05, 4.69) is 0 Å². The molecule has 0 aromatic rings. The number of hydrogen-bond donors (Lipinski definition) is 3. The SMILES string of the molecule is CC(=N)OC1CC(O)CC(CO)C1. The van der Waals surface area contributed by atoms with E-state index < -0.39 is 6.10 Å². The minimum absolute atomic E-state index is 0.0912. The molecule has 0 bridgehead atoms. The van der Waals surface area contributed by atoms with Crippen LogP contribution in [0.3, 0.4) is 0 Å². The molecule has 0 saturated heterocycles. The predicted molar refractivity (Wildman–Crippen MR) is 48.7 cm³/mol. The molecule has 13 heavy (non-hydrogen) atoms. The average Bonchev–Trinajstić information content (AvgIpc) is 2.01. The normalized spacial score (nSPS) is 34.2. The van der Waals surface area contributed by atoms with Gasteiger partial charge in [-0.1, -0.05) is 0 Å². The van der Waals surface area contributed by atoms with Gasteiger partial charge in [-0.15, -0.1) is 0 Å². The highest BCUT2D eigenvalue weighted by Gasteiger charge is 2.28. The van der Waals surface area contributed by atoms with Gasteiger partial charge in [0.2, 0.25) is 0 Å². The average molecular weight is 187 g/mol. The topological polar surface area (TPSA) is 73.5 Å². The van der Waals surface area contributed by atoms with Crippen LogP contribution in [0.5, 0.6) is 0 Å². The van der Waals surface area contributed by atoms with Gasteiger partial charge in [-0.05, 0) is 18.8 Å². The zero-order valence-electron chi connectivity index (χ0n) is 7.86. The van der Waals surface area contributed by atoms with E-state index in [4.69, 9.17) is 15.3 Å². The van der Waals surface area contributed by atoms with Crippen LogP contribution in [0, 0.1) is 11.3 Å². The van der Waals surface area contributed by atoms with E-state index in [0.29, 0.717) is 12.8 Å². The fraction of sp³-hybridized carbons (Fsp3) is 0.889. The molecule has 0 aliphatic heterocycles. The predicted octanol–water partition coefficient (Wildman–Crippen LogP) is 0.522. The van der Waals surface area contributed by atoms with Crippen LogP contribution in [-0.4, -0.2) is 34.9 Å². The Kier molecular flexibility index (Phi) is 3.69. The van der Waals surface area contributed by atoms with E-state index >= 15 is 0 Å². The molecule has 3 unspecified atom stereocenters. The van der Waals surface area contributed by atoms with Gasteiger partial charge in [-0.2, -0.15) is 0 Å². The zero-order chi connectivity index (χ0) is 9.84. The van der Waals surface area contributed by atoms with Gasteiger partial charge >= 0.3 is 0 Å². The Morgan fingerprint density at radius 1 is 1.46 bits per heavy atom. The van der Waals surface area contributed by atoms with Gasteiger partial charge in [0.05, 0.1) is 6.10 Å². The summed E-state index contributed by atoms with van der Waals surface area (Å²) in [6.07, 6.45) is 1.47. The molecule has 0 heterocycles. The van der Waals surface area contributed by atoms with Gasteiger partial charge in [0.25, 0.3) is 0 Å². The number of ether oxygens (including phenoxy) is 1. The third-order valence-electron chi connectivity index (χ3n) is 2.34. The van der Waals surface area contributed by atoms with Crippen LogP contribution >= 0.6 is 0 Å². The highest BCUT2D eigenvalue weighted by atomic mass is 16.5. The molecule has 0 amide bonds. The van der Waals surface area contributed by atoms with Gasteiger partial charge in [0.1, 0.15) is 6.10 Å². The molecule has 0 spiro atoms. The highest BCUT2D eigenvalue weighted by Crippen LogP contribution is 2.26.